The van der Waals surface area contributed by atoms with Crippen LogP contribution >= 0.6 is 0 Å². The number of fused-ring (bicyclic) bond motifs is 1. The molecule has 2 fully saturated rings. The van der Waals surface area contributed by atoms with Crippen LogP contribution in [0, 0.1) is 17.3 Å². The third-order valence-electron chi connectivity index (χ3n) is 6.66. The Labute approximate surface area is 148 Å². The molecule has 5 nitrogen and oxygen atoms in total. The molecule has 0 spiro atoms. The van der Waals surface area contributed by atoms with Gasteiger partial charge in [0.15, 0.2) is 0 Å². The molecule has 1 amide bonds. The predicted octanol–water partition coefficient (Wildman–Crippen LogP) is 2.27. The molecule has 0 aromatic carbocycles. The molecule has 136 valence electrons. The summed E-state index contributed by atoms with van der Waals surface area (Å²) in [5.41, 5.74) is 0.960. The van der Waals surface area contributed by atoms with Gasteiger partial charge in [-0.05, 0) is 50.0 Å². The van der Waals surface area contributed by atoms with Crippen LogP contribution in [0.1, 0.15) is 39.5 Å². The summed E-state index contributed by atoms with van der Waals surface area (Å²) in [6.07, 6.45) is 9.05. The van der Waals surface area contributed by atoms with Crippen molar-refractivity contribution in [1.29, 1.82) is 0 Å². The molecule has 0 aromatic heterocycles. The van der Waals surface area contributed by atoms with Crippen LogP contribution in [0.5, 0.6) is 0 Å². The monoisotopic (exact) mass is 345 g/mol. The summed E-state index contributed by atoms with van der Waals surface area (Å²) in [5.74, 6) is -0.0506. The van der Waals surface area contributed by atoms with Crippen LogP contribution in [-0.2, 0) is 14.3 Å². The Hall–Kier alpha value is -1.88. The average Bonchev–Trinajstić information content (AvgIpc) is 2.96. The molecular formula is C20H27NO4. The van der Waals surface area contributed by atoms with Gasteiger partial charge in [-0.3, -0.25) is 4.79 Å². The summed E-state index contributed by atoms with van der Waals surface area (Å²) in [7, 11) is 0. The molecule has 2 aliphatic carbocycles. The normalized spacial score (nSPS) is 41.2. The van der Waals surface area contributed by atoms with Crippen molar-refractivity contribution < 1.29 is 19.4 Å². The van der Waals surface area contributed by atoms with Crippen LogP contribution in [0.4, 0.5) is 0 Å². The van der Waals surface area contributed by atoms with Crippen molar-refractivity contribution in [2.45, 2.75) is 51.2 Å². The number of amides is 1. The zero-order chi connectivity index (χ0) is 18.2. The van der Waals surface area contributed by atoms with Gasteiger partial charge in [-0.25, -0.2) is 4.79 Å². The second-order valence-electron chi connectivity index (χ2n) is 7.95. The van der Waals surface area contributed by atoms with Gasteiger partial charge >= 0.3 is 5.97 Å². The number of nitrogens with one attached hydrogen (secondary N) is 1. The number of aliphatic hydroxyl groups is 1. The molecular weight excluding hydrogens is 318 g/mol. The van der Waals surface area contributed by atoms with Gasteiger partial charge in [0.05, 0.1) is 17.2 Å². The highest BCUT2D eigenvalue weighted by atomic mass is 16.5. The average molecular weight is 345 g/mol. The van der Waals surface area contributed by atoms with Gasteiger partial charge in [-0.1, -0.05) is 31.2 Å². The van der Waals surface area contributed by atoms with Gasteiger partial charge in [-0.15, -0.1) is 0 Å². The second kappa shape index (κ2) is 6.45. The molecule has 1 heterocycles. The minimum absolute atomic E-state index is 0.0980. The van der Waals surface area contributed by atoms with Gasteiger partial charge < -0.3 is 15.2 Å². The molecule has 0 bridgehead atoms. The summed E-state index contributed by atoms with van der Waals surface area (Å²) >= 11 is 0. The van der Waals surface area contributed by atoms with Gasteiger partial charge in [0.25, 0.3) is 0 Å². The summed E-state index contributed by atoms with van der Waals surface area (Å²) in [6, 6.07) is 0. The van der Waals surface area contributed by atoms with Gasteiger partial charge in [0.1, 0.15) is 6.61 Å². The molecule has 3 aliphatic rings. The van der Waals surface area contributed by atoms with Crippen molar-refractivity contribution in [3.8, 4) is 0 Å². The molecule has 5 heteroatoms. The molecule has 2 N–H and O–H groups in total. The fraction of sp³-hybridized carbons (Fsp3) is 0.600. The van der Waals surface area contributed by atoms with Crippen LogP contribution in [0.25, 0.3) is 0 Å². The summed E-state index contributed by atoms with van der Waals surface area (Å²) < 4.78 is 4.96. The molecule has 3 rings (SSSR count). The minimum atomic E-state index is -0.646. The Morgan fingerprint density at radius 2 is 2.16 bits per heavy atom. The lowest BCUT2D eigenvalue weighted by atomic mass is 9.49. The number of aliphatic hydroxyl groups excluding tert-OH is 1. The minimum Gasteiger partial charge on any atom is -0.458 e. The van der Waals surface area contributed by atoms with E-state index < -0.39 is 11.6 Å². The van der Waals surface area contributed by atoms with Crippen LogP contribution in [0.2, 0.25) is 0 Å². The van der Waals surface area contributed by atoms with Crippen LogP contribution in [0.15, 0.2) is 36.0 Å². The highest BCUT2D eigenvalue weighted by Gasteiger charge is 2.57. The number of ether oxygens (including phenoxy) is 1. The number of carbonyl (C=O) groups excluding carboxylic acids is 2. The maximum atomic E-state index is 11.7. The number of hydrogen-bond acceptors (Lipinski definition) is 4. The van der Waals surface area contributed by atoms with E-state index in [1.54, 1.807) is 6.08 Å². The highest BCUT2D eigenvalue weighted by molar-refractivity contribution is 5.93. The van der Waals surface area contributed by atoms with Crippen molar-refractivity contribution in [3.05, 3.63) is 36.0 Å². The Balaban J connectivity index is 1.93. The number of esters is 1. The fourth-order valence-electron chi connectivity index (χ4n) is 5.18. The first-order valence-electron chi connectivity index (χ1n) is 8.95. The summed E-state index contributed by atoms with van der Waals surface area (Å²) in [5, 5.41) is 13.5. The van der Waals surface area contributed by atoms with Gasteiger partial charge in [-0.2, -0.15) is 0 Å². The Bertz CT molecular complexity index is 652. The largest absolute Gasteiger partial charge is 0.458 e. The van der Waals surface area contributed by atoms with E-state index in [2.05, 4.69) is 24.9 Å². The molecule has 1 aliphatic heterocycles. The second-order valence-corrected chi connectivity index (χ2v) is 7.95. The van der Waals surface area contributed by atoms with E-state index in [9.17, 15) is 14.7 Å². The Kier molecular flexibility index (Phi) is 4.62. The molecule has 2 saturated carbocycles. The molecule has 0 radical (unpaired) electrons. The predicted molar refractivity (Wildman–Crippen MR) is 94.5 cm³/mol. The third kappa shape index (κ3) is 2.84. The van der Waals surface area contributed by atoms with Gasteiger partial charge in [0, 0.05) is 5.92 Å². The zero-order valence-corrected chi connectivity index (χ0v) is 15.0. The third-order valence-corrected chi connectivity index (χ3v) is 6.66. The maximum Gasteiger partial charge on any atom is 0.338 e. The van der Waals surface area contributed by atoms with Crippen molar-refractivity contribution in [2.24, 2.45) is 17.3 Å². The topological polar surface area (TPSA) is 75.6 Å². The molecule has 0 saturated heterocycles. The number of hydrogen-bond donors (Lipinski definition) is 2. The standard InChI is InChI=1S/C20H27NO4/c1-13-4-7-16-19(2,10-8-17(23)20(16,3)21-12-22)15(13)6-5-14-9-11-25-18(14)24/h5-6,9,12,15-17,23H,1,4,7-8,10-11H2,2-3H3,(H,21,22)/b6-5+/t15-,16+,17-,19+,20+/m1/s1. The van der Waals surface area contributed by atoms with Crippen LogP contribution < -0.4 is 5.32 Å². The lowest BCUT2D eigenvalue weighted by Gasteiger charge is -2.59. The first-order chi connectivity index (χ1) is 11.8. The van der Waals surface area contributed by atoms with Gasteiger partial charge in [0.2, 0.25) is 6.41 Å². The van der Waals surface area contributed by atoms with Crippen molar-refractivity contribution in [3.63, 3.8) is 0 Å². The SMILES string of the molecule is C=C1CC[C@H]2[C@@](C)(CC[C@@H](O)[C@@]2(C)NC=O)[C@@H]1/C=C/C1=CCOC1=O. The number of carbonyl (C=O) groups is 2. The summed E-state index contributed by atoms with van der Waals surface area (Å²) in [4.78, 5) is 22.8. The van der Waals surface area contributed by atoms with E-state index in [0.717, 1.165) is 24.8 Å². The number of cyclic esters (lactones) is 1. The number of allylic oxidation sites excluding steroid dienone is 2. The van der Waals surface area contributed by atoms with Crippen molar-refractivity contribution in [1.82, 2.24) is 5.32 Å². The Morgan fingerprint density at radius 3 is 2.80 bits per heavy atom. The first-order valence-corrected chi connectivity index (χ1v) is 8.95. The van der Waals surface area contributed by atoms with E-state index in [0.29, 0.717) is 25.0 Å². The van der Waals surface area contributed by atoms with Crippen LogP contribution in [-0.4, -0.2) is 35.7 Å². The lowest BCUT2D eigenvalue weighted by Crippen LogP contribution is -2.66. The smallest absolute Gasteiger partial charge is 0.338 e. The van der Waals surface area contributed by atoms with Crippen molar-refractivity contribution in [2.75, 3.05) is 6.61 Å². The van der Waals surface area contributed by atoms with E-state index in [4.69, 9.17) is 4.74 Å². The number of rotatable bonds is 4. The molecule has 0 unspecified atom stereocenters. The van der Waals surface area contributed by atoms with E-state index >= 15 is 0 Å². The highest BCUT2D eigenvalue weighted by Crippen LogP contribution is 2.58. The maximum absolute atomic E-state index is 11.7. The quantitative estimate of drug-likeness (QED) is 0.466. The lowest BCUT2D eigenvalue weighted by molar-refractivity contribution is -0.135. The van der Waals surface area contributed by atoms with E-state index in [1.165, 1.54) is 0 Å². The molecule has 5 atom stereocenters. The molecule has 25 heavy (non-hydrogen) atoms. The fourth-order valence-corrected chi connectivity index (χ4v) is 5.18. The van der Waals surface area contributed by atoms with Crippen LogP contribution in [0.3, 0.4) is 0 Å². The van der Waals surface area contributed by atoms with Crippen molar-refractivity contribution >= 4 is 12.4 Å². The van der Waals surface area contributed by atoms with E-state index in [1.807, 2.05) is 13.0 Å². The van der Waals surface area contributed by atoms with E-state index in [-0.39, 0.29) is 23.2 Å². The Morgan fingerprint density at radius 1 is 1.40 bits per heavy atom. The zero-order valence-electron chi connectivity index (χ0n) is 15.0. The first kappa shape index (κ1) is 17.9. The molecule has 0 aromatic rings. The summed E-state index contributed by atoms with van der Waals surface area (Å²) in [6.45, 7) is 8.76.